The number of likely N-dealkylation sites (tertiary alicyclic amines) is 1. The van der Waals surface area contributed by atoms with Crippen molar-refractivity contribution in [3.63, 3.8) is 0 Å². The Morgan fingerprint density at radius 1 is 1.28 bits per heavy atom. The molecule has 1 fully saturated rings. The highest BCUT2D eigenvalue weighted by atomic mass is 19.3. The predicted octanol–water partition coefficient (Wildman–Crippen LogP) is 1.15. The number of rotatable bonds is 3. The summed E-state index contributed by atoms with van der Waals surface area (Å²) >= 11 is 0. The summed E-state index contributed by atoms with van der Waals surface area (Å²) in [6.07, 6.45) is 0.188. The lowest BCUT2D eigenvalue weighted by atomic mass is 10.0. The van der Waals surface area contributed by atoms with Crippen LogP contribution in [0, 0.1) is 11.6 Å². The number of Topliss-reactive ketones (excluding diaryl/α,β-unsaturated/α-hetero) is 1. The summed E-state index contributed by atoms with van der Waals surface area (Å²) in [7, 11) is 0. The highest BCUT2D eigenvalue weighted by Gasteiger charge is 2.44. The summed E-state index contributed by atoms with van der Waals surface area (Å²) in [6.45, 7) is -1.39. The maximum atomic E-state index is 13.9. The first kappa shape index (κ1) is 19.3. The fraction of sp³-hybridized carbons (Fsp3) is 0.471. The average Bonchev–Trinajstić information content (AvgIpc) is 3.18. The fourth-order valence-electron chi connectivity index (χ4n) is 3.57. The lowest BCUT2D eigenvalue weighted by Crippen LogP contribution is -2.43. The molecular formula is C17H15F4N5O3. The van der Waals surface area contributed by atoms with E-state index >= 15 is 0 Å². The fourth-order valence-corrected chi connectivity index (χ4v) is 3.57. The van der Waals surface area contributed by atoms with Crippen LogP contribution in [0.15, 0.2) is 17.1 Å². The van der Waals surface area contributed by atoms with Gasteiger partial charge in [-0.2, -0.15) is 0 Å². The van der Waals surface area contributed by atoms with Crippen molar-refractivity contribution in [3.8, 4) is 0 Å². The van der Waals surface area contributed by atoms with Crippen LogP contribution in [0.3, 0.4) is 0 Å². The van der Waals surface area contributed by atoms with Crippen LogP contribution in [0.2, 0.25) is 0 Å². The Labute approximate surface area is 160 Å². The van der Waals surface area contributed by atoms with Gasteiger partial charge in [0.15, 0.2) is 5.78 Å². The first-order chi connectivity index (χ1) is 13.7. The second-order valence-electron chi connectivity index (χ2n) is 7.06. The van der Waals surface area contributed by atoms with Crippen LogP contribution >= 0.6 is 0 Å². The number of pyridine rings is 1. The van der Waals surface area contributed by atoms with Crippen molar-refractivity contribution in [1.29, 1.82) is 0 Å². The van der Waals surface area contributed by atoms with Gasteiger partial charge in [-0.15, -0.1) is 5.10 Å². The molecule has 2 aromatic rings. The lowest BCUT2D eigenvalue weighted by molar-refractivity contribution is -0.135. The number of carbonyl (C=O) groups is 2. The van der Waals surface area contributed by atoms with Crippen molar-refractivity contribution < 1.29 is 27.2 Å². The quantitative estimate of drug-likeness (QED) is 0.705. The Bertz CT molecular complexity index is 1060. The third kappa shape index (κ3) is 3.42. The molecule has 4 heterocycles. The molecule has 8 nitrogen and oxygen atoms in total. The third-order valence-corrected chi connectivity index (χ3v) is 5.03. The number of alkyl halides is 2. The predicted molar refractivity (Wildman–Crippen MR) is 88.5 cm³/mol. The minimum Gasteiger partial charge on any atom is -0.335 e. The number of nitrogens with zero attached hydrogens (tertiary/aromatic N) is 5. The van der Waals surface area contributed by atoms with E-state index in [9.17, 15) is 31.9 Å². The van der Waals surface area contributed by atoms with E-state index < -0.39 is 60.5 Å². The van der Waals surface area contributed by atoms with E-state index in [1.54, 1.807) is 0 Å². The molecule has 0 spiro atoms. The highest BCUT2D eigenvalue weighted by molar-refractivity contribution is 5.95. The molecule has 12 heteroatoms. The highest BCUT2D eigenvalue weighted by Crippen LogP contribution is 2.31. The molecule has 0 N–H and O–H groups in total. The zero-order valence-electron chi connectivity index (χ0n) is 14.9. The van der Waals surface area contributed by atoms with E-state index in [0.29, 0.717) is 6.07 Å². The van der Waals surface area contributed by atoms with Crippen LogP contribution < -0.4 is 5.69 Å². The Kier molecular flexibility index (Phi) is 4.50. The van der Waals surface area contributed by atoms with Gasteiger partial charge in [0.2, 0.25) is 11.7 Å². The van der Waals surface area contributed by atoms with Gasteiger partial charge in [0, 0.05) is 25.5 Å². The van der Waals surface area contributed by atoms with Gasteiger partial charge in [-0.25, -0.2) is 27.0 Å². The van der Waals surface area contributed by atoms with Crippen LogP contribution in [-0.4, -0.2) is 54.9 Å². The Morgan fingerprint density at radius 2 is 2.03 bits per heavy atom. The molecule has 0 saturated carbocycles. The van der Waals surface area contributed by atoms with E-state index in [1.807, 2.05) is 0 Å². The molecule has 0 aliphatic carbocycles. The number of carbonyl (C=O) groups excluding carboxylic acids is 2. The molecule has 1 amide bonds. The van der Waals surface area contributed by atoms with Crippen molar-refractivity contribution >= 4 is 11.7 Å². The molecule has 1 atom stereocenters. The molecule has 29 heavy (non-hydrogen) atoms. The standard InChI is InChI=1S/C17H15F4N5O3/c18-9-5-10(19)11(22-6-9)7-25-16(29)26-12(1-2-13(27)14(26)23-25)15(28)24-4-3-17(20,21)8-24/h5-6,12H,1-4,7-8H2/t12-/m0/s1. The first-order valence-electron chi connectivity index (χ1n) is 8.85. The smallest absolute Gasteiger partial charge is 0.335 e. The number of halogens is 4. The van der Waals surface area contributed by atoms with Crippen molar-refractivity contribution in [3.05, 3.63) is 45.9 Å². The number of amides is 1. The van der Waals surface area contributed by atoms with Crippen LogP contribution in [0.1, 0.15) is 41.6 Å². The lowest BCUT2D eigenvalue weighted by Gasteiger charge is -2.26. The van der Waals surface area contributed by atoms with E-state index in [-0.39, 0.29) is 30.9 Å². The largest absolute Gasteiger partial charge is 0.347 e. The Balaban J connectivity index is 1.68. The molecule has 0 bridgehead atoms. The molecule has 154 valence electrons. The summed E-state index contributed by atoms with van der Waals surface area (Å²) in [6, 6.07) is -0.558. The van der Waals surface area contributed by atoms with Gasteiger partial charge >= 0.3 is 5.69 Å². The summed E-state index contributed by atoms with van der Waals surface area (Å²) in [5, 5.41) is 3.88. The van der Waals surface area contributed by atoms with Crippen LogP contribution in [-0.2, 0) is 11.3 Å². The number of hydrogen-bond acceptors (Lipinski definition) is 5. The number of aromatic nitrogens is 4. The summed E-state index contributed by atoms with van der Waals surface area (Å²) in [4.78, 5) is 42.2. The van der Waals surface area contributed by atoms with Gasteiger partial charge in [-0.05, 0) is 6.42 Å². The van der Waals surface area contributed by atoms with E-state index in [2.05, 4.69) is 10.1 Å². The number of fused-ring (bicyclic) bond motifs is 1. The summed E-state index contributed by atoms with van der Waals surface area (Å²) < 4.78 is 55.4. The van der Waals surface area contributed by atoms with Gasteiger partial charge in [0.25, 0.3) is 5.92 Å². The van der Waals surface area contributed by atoms with Crippen molar-refractivity contribution in [2.45, 2.75) is 37.8 Å². The molecular weight excluding hydrogens is 398 g/mol. The number of hydrogen-bond donors (Lipinski definition) is 0. The SMILES string of the molecule is O=C1CC[C@@H](C(=O)N2CCC(F)(F)C2)n2c1nn(Cc1ncc(F)cc1F)c2=O. The zero-order chi connectivity index (χ0) is 20.9. The maximum Gasteiger partial charge on any atom is 0.347 e. The molecule has 2 aliphatic heterocycles. The number of ketones is 1. The van der Waals surface area contributed by atoms with Crippen LogP contribution in [0.25, 0.3) is 0 Å². The first-order valence-corrected chi connectivity index (χ1v) is 8.85. The summed E-state index contributed by atoms with van der Waals surface area (Å²) in [5.41, 5.74) is -1.15. The minimum atomic E-state index is -3.00. The van der Waals surface area contributed by atoms with Crippen molar-refractivity contribution in [2.75, 3.05) is 13.1 Å². The Hall–Kier alpha value is -3.05. The van der Waals surface area contributed by atoms with E-state index in [4.69, 9.17) is 0 Å². The molecule has 0 aromatic carbocycles. The molecule has 2 aromatic heterocycles. The van der Waals surface area contributed by atoms with Crippen LogP contribution in [0.4, 0.5) is 17.6 Å². The van der Waals surface area contributed by atoms with Crippen LogP contribution in [0.5, 0.6) is 0 Å². The maximum absolute atomic E-state index is 13.9. The molecule has 0 unspecified atom stereocenters. The van der Waals surface area contributed by atoms with Gasteiger partial charge in [0.1, 0.15) is 17.7 Å². The summed E-state index contributed by atoms with van der Waals surface area (Å²) in [5.74, 6) is -6.38. The van der Waals surface area contributed by atoms with E-state index in [0.717, 1.165) is 20.3 Å². The Morgan fingerprint density at radius 3 is 2.69 bits per heavy atom. The monoisotopic (exact) mass is 413 g/mol. The average molecular weight is 413 g/mol. The third-order valence-electron chi connectivity index (χ3n) is 5.03. The van der Waals surface area contributed by atoms with Crippen molar-refractivity contribution in [2.24, 2.45) is 0 Å². The van der Waals surface area contributed by atoms with Gasteiger partial charge in [-0.3, -0.25) is 19.1 Å². The molecule has 2 aliphatic rings. The molecule has 1 saturated heterocycles. The van der Waals surface area contributed by atoms with Gasteiger partial charge < -0.3 is 4.90 Å². The second-order valence-corrected chi connectivity index (χ2v) is 7.06. The normalized spacial score (nSPS) is 20.8. The minimum absolute atomic E-state index is 0.0263. The topological polar surface area (TPSA) is 90.1 Å². The second kappa shape index (κ2) is 6.78. The van der Waals surface area contributed by atoms with E-state index in [1.165, 1.54) is 0 Å². The zero-order valence-corrected chi connectivity index (χ0v) is 14.9. The van der Waals surface area contributed by atoms with Gasteiger partial charge in [-0.1, -0.05) is 0 Å². The van der Waals surface area contributed by atoms with Gasteiger partial charge in [0.05, 0.1) is 25.0 Å². The molecule has 0 radical (unpaired) electrons. The van der Waals surface area contributed by atoms with Crippen molar-refractivity contribution in [1.82, 2.24) is 24.2 Å². The molecule has 4 rings (SSSR count).